The van der Waals surface area contributed by atoms with Crippen molar-refractivity contribution in [1.29, 1.82) is 0 Å². The van der Waals surface area contributed by atoms with E-state index in [0.717, 1.165) is 6.42 Å². The third kappa shape index (κ3) is 3.94. The van der Waals surface area contributed by atoms with E-state index < -0.39 is 7.12 Å². The molecule has 0 heterocycles. The van der Waals surface area contributed by atoms with Crippen LogP contribution in [0.4, 0.5) is 0 Å². The molecule has 82 valence electrons. The molecule has 0 aliphatic heterocycles. The highest BCUT2D eigenvalue weighted by molar-refractivity contribution is 6.59. The van der Waals surface area contributed by atoms with Gasteiger partial charge in [0.05, 0.1) is 6.61 Å². The summed E-state index contributed by atoms with van der Waals surface area (Å²) in [5.41, 5.74) is 0.418. The third-order valence-electron chi connectivity index (χ3n) is 2.15. The van der Waals surface area contributed by atoms with E-state index in [1.54, 1.807) is 18.2 Å². The lowest BCUT2D eigenvalue weighted by molar-refractivity contribution is 0.290. The van der Waals surface area contributed by atoms with Crippen molar-refractivity contribution in [2.45, 2.75) is 20.3 Å². The number of benzene rings is 1. The van der Waals surface area contributed by atoms with Crippen LogP contribution < -0.4 is 10.2 Å². The molecular formula is C11H17BO3. The second-order valence-electron chi connectivity index (χ2n) is 3.94. The van der Waals surface area contributed by atoms with Gasteiger partial charge >= 0.3 is 7.12 Å². The average molecular weight is 208 g/mol. The molecule has 1 rings (SSSR count). The van der Waals surface area contributed by atoms with Crippen LogP contribution in [0.5, 0.6) is 5.75 Å². The van der Waals surface area contributed by atoms with Gasteiger partial charge in [-0.25, -0.2) is 0 Å². The quantitative estimate of drug-likeness (QED) is 0.703. The molecule has 15 heavy (non-hydrogen) atoms. The van der Waals surface area contributed by atoms with Crippen LogP contribution in [0.1, 0.15) is 20.3 Å². The Morgan fingerprint density at radius 3 is 2.53 bits per heavy atom. The SMILES string of the molecule is CC(C)CCOc1ccccc1B(O)O. The van der Waals surface area contributed by atoms with Crippen LogP contribution in [0, 0.1) is 5.92 Å². The monoisotopic (exact) mass is 208 g/mol. The predicted molar refractivity (Wildman–Crippen MR) is 61.2 cm³/mol. The number of rotatable bonds is 5. The molecule has 0 aliphatic carbocycles. The standard InChI is InChI=1S/C11H17BO3/c1-9(2)7-8-15-11-6-4-3-5-10(11)12(13)14/h3-6,9,13-14H,7-8H2,1-2H3. The topological polar surface area (TPSA) is 49.7 Å². The number of hydrogen-bond acceptors (Lipinski definition) is 3. The molecule has 0 atom stereocenters. The third-order valence-corrected chi connectivity index (χ3v) is 2.15. The van der Waals surface area contributed by atoms with Crippen LogP contribution in [-0.2, 0) is 0 Å². The molecule has 0 unspecified atom stereocenters. The molecule has 0 bridgehead atoms. The average Bonchev–Trinajstić information content (AvgIpc) is 2.17. The van der Waals surface area contributed by atoms with Crippen molar-refractivity contribution >= 4 is 12.6 Å². The van der Waals surface area contributed by atoms with E-state index in [9.17, 15) is 0 Å². The highest BCUT2D eigenvalue weighted by Gasteiger charge is 2.16. The van der Waals surface area contributed by atoms with Gasteiger partial charge in [0.2, 0.25) is 0 Å². The molecule has 1 aromatic carbocycles. The van der Waals surface area contributed by atoms with E-state index in [2.05, 4.69) is 13.8 Å². The van der Waals surface area contributed by atoms with Crippen LogP contribution in [0.2, 0.25) is 0 Å². The van der Waals surface area contributed by atoms with Gasteiger partial charge < -0.3 is 14.8 Å². The summed E-state index contributed by atoms with van der Waals surface area (Å²) in [6.07, 6.45) is 0.954. The van der Waals surface area contributed by atoms with Gasteiger partial charge in [-0.05, 0) is 18.4 Å². The van der Waals surface area contributed by atoms with E-state index >= 15 is 0 Å². The minimum Gasteiger partial charge on any atom is -0.494 e. The molecular weight excluding hydrogens is 191 g/mol. The zero-order valence-electron chi connectivity index (χ0n) is 9.18. The van der Waals surface area contributed by atoms with E-state index in [1.165, 1.54) is 0 Å². The van der Waals surface area contributed by atoms with Crippen molar-refractivity contribution in [3.63, 3.8) is 0 Å². The van der Waals surface area contributed by atoms with Crippen LogP contribution in [-0.4, -0.2) is 23.8 Å². The number of para-hydroxylation sites is 1. The molecule has 0 saturated heterocycles. The van der Waals surface area contributed by atoms with Gasteiger partial charge in [0.25, 0.3) is 0 Å². The maximum Gasteiger partial charge on any atom is 0.492 e. The Bertz CT molecular complexity index is 300. The summed E-state index contributed by atoms with van der Waals surface area (Å²) >= 11 is 0. The first-order valence-electron chi connectivity index (χ1n) is 5.19. The van der Waals surface area contributed by atoms with E-state index in [-0.39, 0.29) is 0 Å². The Hall–Kier alpha value is -0.995. The maximum atomic E-state index is 9.09. The summed E-state index contributed by atoms with van der Waals surface area (Å²) in [6, 6.07) is 6.96. The van der Waals surface area contributed by atoms with Crippen molar-refractivity contribution < 1.29 is 14.8 Å². The largest absolute Gasteiger partial charge is 0.494 e. The fraction of sp³-hybridized carbons (Fsp3) is 0.455. The van der Waals surface area contributed by atoms with Gasteiger partial charge in [0, 0.05) is 5.46 Å². The molecule has 0 spiro atoms. The van der Waals surface area contributed by atoms with Crippen molar-refractivity contribution in [2.75, 3.05) is 6.61 Å². The summed E-state index contributed by atoms with van der Waals surface area (Å²) in [4.78, 5) is 0. The molecule has 3 nitrogen and oxygen atoms in total. The smallest absolute Gasteiger partial charge is 0.492 e. The lowest BCUT2D eigenvalue weighted by Crippen LogP contribution is -2.31. The van der Waals surface area contributed by atoms with E-state index in [1.807, 2.05) is 6.07 Å². The Balaban J connectivity index is 2.59. The molecule has 0 radical (unpaired) electrons. The molecule has 0 saturated carbocycles. The molecule has 0 amide bonds. The van der Waals surface area contributed by atoms with E-state index in [0.29, 0.717) is 23.7 Å². The normalized spacial score (nSPS) is 10.5. The molecule has 0 fully saturated rings. The molecule has 2 N–H and O–H groups in total. The van der Waals surface area contributed by atoms with Gasteiger partial charge in [-0.15, -0.1) is 0 Å². The van der Waals surface area contributed by atoms with Gasteiger partial charge in [-0.3, -0.25) is 0 Å². The van der Waals surface area contributed by atoms with Crippen molar-refractivity contribution in [3.05, 3.63) is 24.3 Å². The minimum atomic E-state index is -1.47. The fourth-order valence-corrected chi connectivity index (χ4v) is 1.23. The van der Waals surface area contributed by atoms with Gasteiger partial charge in [-0.1, -0.05) is 32.0 Å². The van der Waals surface area contributed by atoms with Crippen LogP contribution in [0.15, 0.2) is 24.3 Å². The predicted octanol–water partition coefficient (Wildman–Crippen LogP) is 0.791. The first-order valence-corrected chi connectivity index (χ1v) is 5.19. The fourth-order valence-electron chi connectivity index (χ4n) is 1.23. The maximum absolute atomic E-state index is 9.09. The Morgan fingerprint density at radius 1 is 1.27 bits per heavy atom. The molecule has 0 aliphatic rings. The van der Waals surface area contributed by atoms with Gasteiger partial charge in [0.1, 0.15) is 5.75 Å². The van der Waals surface area contributed by atoms with Crippen LogP contribution in [0.3, 0.4) is 0 Å². The number of ether oxygens (including phenoxy) is 1. The summed E-state index contributed by atoms with van der Waals surface area (Å²) in [5.74, 6) is 1.13. The summed E-state index contributed by atoms with van der Waals surface area (Å²) in [6.45, 7) is 4.84. The first-order chi connectivity index (χ1) is 7.11. The lowest BCUT2D eigenvalue weighted by Gasteiger charge is -2.11. The van der Waals surface area contributed by atoms with Gasteiger partial charge in [-0.2, -0.15) is 0 Å². The molecule has 4 heteroatoms. The van der Waals surface area contributed by atoms with Gasteiger partial charge in [0.15, 0.2) is 0 Å². The Kier molecular flexibility index (Phi) is 4.65. The molecule has 0 aromatic heterocycles. The van der Waals surface area contributed by atoms with E-state index in [4.69, 9.17) is 14.8 Å². The Morgan fingerprint density at radius 2 is 1.93 bits per heavy atom. The van der Waals surface area contributed by atoms with Crippen molar-refractivity contribution in [1.82, 2.24) is 0 Å². The van der Waals surface area contributed by atoms with Crippen LogP contribution in [0.25, 0.3) is 0 Å². The highest BCUT2D eigenvalue weighted by atomic mass is 16.5. The lowest BCUT2D eigenvalue weighted by atomic mass is 9.79. The van der Waals surface area contributed by atoms with Crippen LogP contribution >= 0.6 is 0 Å². The number of hydrogen-bond donors (Lipinski definition) is 2. The first kappa shape index (κ1) is 12.1. The second-order valence-corrected chi connectivity index (χ2v) is 3.94. The molecule has 1 aromatic rings. The Labute approximate surface area is 90.9 Å². The van der Waals surface area contributed by atoms with Crippen molar-refractivity contribution in [3.8, 4) is 5.75 Å². The minimum absolute atomic E-state index is 0.418. The summed E-state index contributed by atoms with van der Waals surface area (Å²) in [5, 5.41) is 18.2. The van der Waals surface area contributed by atoms with Crippen molar-refractivity contribution in [2.24, 2.45) is 5.92 Å². The summed E-state index contributed by atoms with van der Waals surface area (Å²) in [7, 11) is -1.47. The zero-order chi connectivity index (χ0) is 11.3. The highest BCUT2D eigenvalue weighted by Crippen LogP contribution is 2.09. The second kappa shape index (κ2) is 5.78. The summed E-state index contributed by atoms with van der Waals surface area (Å²) < 4.78 is 5.49. The zero-order valence-corrected chi connectivity index (χ0v) is 9.18.